The van der Waals surface area contributed by atoms with Crippen LogP contribution in [0.25, 0.3) is 17.8 Å². The topological polar surface area (TPSA) is 68.1 Å². The molecule has 1 fully saturated rings. The number of hydrogen-bond acceptors (Lipinski definition) is 4. The van der Waals surface area contributed by atoms with Crippen LogP contribution < -0.4 is 5.32 Å². The molecule has 1 N–H and O–H groups in total. The third-order valence-electron chi connectivity index (χ3n) is 5.43. The first-order valence-electron chi connectivity index (χ1n) is 8.97. The highest BCUT2D eigenvalue weighted by Gasteiger charge is 2.35. The van der Waals surface area contributed by atoms with Gasteiger partial charge in [-0.05, 0) is 55.1 Å². The van der Waals surface area contributed by atoms with Crippen molar-refractivity contribution in [2.45, 2.75) is 18.8 Å². The lowest BCUT2D eigenvalue weighted by molar-refractivity contribution is -0.374. The molecule has 0 spiro atoms. The van der Waals surface area contributed by atoms with Gasteiger partial charge in [0, 0.05) is 23.8 Å². The normalized spacial score (nSPS) is 19.7. The van der Waals surface area contributed by atoms with Crippen molar-refractivity contribution in [1.29, 1.82) is 0 Å². The van der Waals surface area contributed by atoms with Crippen molar-refractivity contribution < 1.29 is 4.92 Å². The van der Waals surface area contributed by atoms with E-state index in [1.54, 1.807) is 18.3 Å². The molecule has 1 aliphatic heterocycles. The van der Waals surface area contributed by atoms with Crippen LogP contribution in [-0.4, -0.2) is 23.0 Å². The summed E-state index contributed by atoms with van der Waals surface area (Å²) < 4.78 is 0. The van der Waals surface area contributed by atoms with Crippen LogP contribution >= 0.6 is 0 Å². The molecule has 5 heteroatoms. The lowest BCUT2D eigenvalue weighted by Gasteiger charge is -2.31. The summed E-state index contributed by atoms with van der Waals surface area (Å²) in [6, 6.07) is 9.68. The summed E-state index contributed by atoms with van der Waals surface area (Å²) in [5, 5.41) is 15.3. The van der Waals surface area contributed by atoms with Crippen molar-refractivity contribution in [1.82, 2.24) is 10.3 Å². The lowest BCUT2D eigenvalue weighted by Crippen LogP contribution is -2.32. The molecule has 0 bridgehead atoms. The fourth-order valence-electron chi connectivity index (χ4n) is 4.18. The summed E-state index contributed by atoms with van der Waals surface area (Å²) >= 11 is 0. The van der Waals surface area contributed by atoms with Crippen LogP contribution in [0.15, 0.2) is 43.1 Å². The third kappa shape index (κ3) is 2.84. The standard InChI is InChI=1S/C21H21N3O2/c1-2-14-5-6-17-18(12-14)19(24(25)26)13-16-4-3-9-23-21(16)20(17)15-7-10-22-11-8-15/h2-6,9,12-13,15,20,22H,1,7-8,10-11H2. The van der Waals surface area contributed by atoms with Crippen LogP contribution in [0.2, 0.25) is 0 Å². The molecule has 1 aromatic heterocycles. The Morgan fingerprint density at radius 2 is 2.08 bits per heavy atom. The minimum atomic E-state index is -0.284. The van der Waals surface area contributed by atoms with Gasteiger partial charge in [0.15, 0.2) is 0 Å². The zero-order valence-corrected chi connectivity index (χ0v) is 14.5. The fraction of sp³-hybridized carbons (Fsp3) is 0.286. The second-order valence-electron chi connectivity index (χ2n) is 6.88. The molecule has 0 saturated carbocycles. The molecule has 132 valence electrons. The zero-order chi connectivity index (χ0) is 18.1. The maximum Gasteiger partial charge on any atom is 0.277 e. The molecule has 1 unspecified atom stereocenters. The van der Waals surface area contributed by atoms with E-state index in [2.05, 4.69) is 16.9 Å². The van der Waals surface area contributed by atoms with Crippen LogP contribution in [0.4, 0.5) is 0 Å². The van der Waals surface area contributed by atoms with E-state index in [0.717, 1.165) is 48.3 Å². The van der Waals surface area contributed by atoms with E-state index in [1.165, 1.54) is 0 Å². The smallest absolute Gasteiger partial charge is 0.277 e. The van der Waals surface area contributed by atoms with Crippen molar-refractivity contribution in [2.24, 2.45) is 5.92 Å². The number of hydrogen-bond donors (Lipinski definition) is 1. The fourth-order valence-corrected chi connectivity index (χ4v) is 4.18. The molecule has 5 nitrogen and oxygen atoms in total. The van der Waals surface area contributed by atoms with Crippen molar-refractivity contribution in [3.8, 4) is 0 Å². The second-order valence-corrected chi connectivity index (χ2v) is 6.88. The first-order valence-corrected chi connectivity index (χ1v) is 8.97. The number of rotatable bonds is 3. The molecule has 1 aromatic carbocycles. The van der Waals surface area contributed by atoms with Gasteiger partial charge in [-0.15, -0.1) is 0 Å². The van der Waals surface area contributed by atoms with E-state index < -0.39 is 0 Å². The van der Waals surface area contributed by atoms with Crippen LogP contribution in [-0.2, 0) is 0 Å². The van der Waals surface area contributed by atoms with Crippen LogP contribution in [0.1, 0.15) is 46.7 Å². The van der Waals surface area contributed by atoms with Gasteiger partial charge in [0.05, 0.1) is 16.2 Å². The van der Waals surface area contributed by atoms with Crippen LogP contribution in [0, 0.1) is 16.0 Å². The van der Waals surface area contributed by atoms with Crippen molar-refractivity contribution >= 4 is 17.8 Å². The number of nitro groups is 1. The molecule has 2 aliphatic rings. The Balaban J connectivity index is 1.98. The van der Waals surface area contributed by atoms with Gasteiger partial charge in [-0.2, -0.15) is 0 Å². The first kappa shape index (κ1) is 16.7. The molecule has 26 heavy (non-hydrogen) atoms. The van der Waals surface area contributed by atoms with Crippen molar-refractivity contribution in [3.63, 3.8) is 0 Å². The number of benzene rings is 1. The molecule has 1 aliphatic carbocycles. The van der Waals surface area contributed by atoms with Gasteiger partial charge in [-0.1, -0.05) is 30.9 Å². The molecule has 1 atom stereocenters. The Labute approximate surface area is 152 Å². The lowest BCUT2D eigenvalue weighted by atomic mass is 9.76. The third-order valence-corrected chi connectivity index (χ3v) is 5.43. The summed E-state index contributed by atoms with van der Waals surface area (Å²) in [4.78, 5) is 16.2. The molecule has 1 saturated heterocycles. The summed E-state index contributed by atoms with van der Waals surface area (Å²) in [5.74, 6) is 0.480. The average Bonchev–Trinajstić information content (AvgIpc) is 2.82. The van der Waals surface area contributed by atoms with Crippen LogP contribution in [0.3, 0.4) is 0 Å². The minimum Gasteiger partial charge on any atom is -0.317 e. The van der Waals surface area contributed by atoms with E-state index in [9.17, 15) is 10.1 Å². The van der Waals surface area contributed by atoms with E-state index in [0.29, 0.717) is 11.5 Å². The number of nitrogens with one attached hydrogen (secondary N) is 1. The summed E-state index contributed by atoms with van der Waals surface area (Å²) in [6.45, 7) is 5.75. The minimum absolute atomic E-state index is 0.0656. The predicted octanol–water partition coefficient (Wildman–Crippen LogP) is 3.94. The molecular weight excluding hydrogens is 326 g/mol. The Morgan fingerprint density at radius 1 is 1.27 bits per heavy atom. The number of aromatic nitrogens is 1. The summed E-state index contributed by atoms with van der Waals surface area (Å²) in [7, 11) is 0. The quantitative estimate of drug-likeness (QED) is 0.674. The highest BCUT2D eigenvalue weighted by Crippen LogP contribution is 2.43. The highest BCUT2D eigenvalue weighted by atomic mass is 16.6. The summed E-state index contributed by atoms with van der Waals surface area (Å²) in [5.41, 5.74) is 4.51. The van der Waals surface area contributed by atoms with Crippen molar-refractivity contribution in [2.75, 3.05) is 13.1 Å². The van der Waals surface area contributed by atoms with Crippen LogP contribution in [0.5, 0.6) is 0 Å². The van der Waals surface area contributed by atoms with Gasteiger partial charge in [-0.25, -0.2) is 0 Å². The van der Waals surface area contributed by atoms with Gasteiger partial charge in [0.2, 0.25) is 0 Å². The van der Waals surface area contributed by atoms with E-state index in [1.807, 2.05) is 30.3 Å². The maximum absolute atomic E-state index is 11.8. The van der Waals surface area contributed by atoms with E-state index in [4.69, 9.17) is 0 Å². The number of piperidine rings is 1. The first-order chi connectivity index (χ1) is 12.7. The Hall–Kier alpha value is -2.79. The molecule has 0 radical (unpaired) electrons. The van der Waals surface area contributed by atoms with Crippen molar-refractivity contribution in [3.05, 3.63) is 81.2 Å². The molecule has 0 amide bonds. The van der Waals surface area contributed by atoms with Gasteiger partial charge in [0.1, 0.15) is 0 Å². The number of nitrogens with zero attached hydrogens (tertiary/aromatic N) is 2. The predicted molar refractivity (Wildman–Crippen MR) is 103 cm³/mol. The molecule has 4 rings (SSSR count). The molecule has 2 aromatic rings. The SMILES string of the molecule is C=Cc1ccc2c(c1)C([N+](=O)[O-])=Cc1cccnc1C2C1CCNCC1. The second kappa shape index (κ2) is 6.84. The highest BCUT2D eigenvalue weighted by molar-refractivity contribution is 5.82. The maximum atomic E-state index is 11.8. The summed E-state index contributed by atoms with van der Waals surface area (Å²) in [6.07, 6.45) is 7.27. The van der Waals surface area contributed by atoms with Gasteiger partial charge >= 0.3 is 0 Å². The van der Waals surface area contributed by atoms with E-state index >= 15 is 0 Å². The van der Waals surface area contributed by atoms with Gasteiger partial charge in [-0.3, -0.25) is 15.1 Å². The number of fused-ring (bicyclic) bond motifs is 2. The molecular formula is C21H21N3O2. The largest absolute Gasteiger partial charge is 0.317 e. The zero-order valence-electron chi connectivity index (χ0n) is 14.5. The Bertz CT molecular complexity index is 898. The number of pyridine rings is 1. The monoisotopic (exact) mass is 347 g/mol. The Kier molecular flexibility index (Phi) is 4.39. The Morgan fingerprint density at radius 3 is 2.81 bits per heavy atom. The van der Waals surface area contributed by atoms with E-state index in [-0.39, 0.29) is 16.5 Å². The molecule has 2 heterocycles. The average molecular weight is 347 g/mol. The van der Waals surface area contributed by atoms with Gasteiger partial charge in [0.25, 0.3) is 5.70 Å². The van der Waals surface area contributed by atoms with Gasteiger partial charge < -0.3 is 5.32 Å².